The van der Waals surface area contributed by atoms with E-state index in [1.165, 1.54) is 15.6 Å². The lowest BCUT2D eigenvalue weighted by Crippen LogP contribution is -2.32. The summed E-state index contributed by atoms with van der Waals surface area (Å²) in [6.45, 7) is 0.812. The van der Waals surface area contributed by atoms with Crippen LogP contribution in [-0.4, -0.2) is 31.8 Å². The molecule has 0 atom stereocenters. The highest BCUT2D eigenvalue weighted by atomic mass is 32.2. The largest absolute Gasteiger partial charge is 0.492 e. The molecule has 1 amide bonds. The Morgan fingerprint density at radius 3 is 2.84 bits per heavy atom. The average Bonchev–Trinajstić information content (AvgIpc) is 3.33. The van der Waals surface area contributed by atoms with Gasteiger partial charge in [0.15, 0.2) is 0 Å². The first-order valence-electron chi connectivity index (χ1n) is 8.14. The van der Waals surface area contributed by atoms with Crippen LogP contribution in [0.1, 0.15) is 18.4 Å². The summed E-state index contributed by atoms with van der Waals surface area (Å²) in [7, 11) is -3.54. The molecule has 0 spiro atoms. The molecule has 2 heterocycles. The first-order valence-corrected chi connectivity index (χ1v) is 10.5. The van der Waals surface area contributed by atoms with E-state index in [9.17, 15) is 13.2 Å². The van der Waals surface area contributed by atoms with Gasteiger partial charge in [0, 0.05) is 30.3 Å². The van der Waals surface area contributed by atoms with Crippen molar-refractivity contribution in [2.24, 2.45) is 5.92 Å². The summed E-state index contributed by atoms with van der Waals surface area (Å²) in [5.41, 5.74) is 1.43. The molecule has 0 bridgehead atoms. The Morgan fingerprint density at radius 1 is 1.28 bits per heavy atom. The van der Waals surface area contributed by atoms with Crippen molar-refractivity contribution < 1.29 is 17.9 Å². The molecule has 6 nitrogen and oxygen atoms in total. The van der Waals surface area contributed by atoms with Crippen LogP contribution in [0.15, 0.2) is 39.9 Å². The maximum atomic E-state index is 12.8. The number of hydrogen-bond acceptors (Lipinski definition) is 5. The lowest BCUT2D eigenvalue weighted by Gasteiger charge is -2.18. The smallest absolute Gasteiger partial charge is 0.252 e. The number of nitrogens with one attached hydrogen (secondary N) is 1. The molecule has 1 aliphatic carbocycles. The van der Waals surface area contributed by atoms with E-state index < -0.39 is 10.0 Å². The molecular formula is C17H18N2O4S2. The number of sulfonamides is 1. The number of hydrogen-bond donors (Lipinski definition) is 1. The molecule has 0 saturated heterocycles. The normalized spacial score (nSPS) is 18.1. The molecule has 2 aliphatic rings. The number of amides is 1. The van der Waals surface area contributed by atoms with E-state index in [1.807, 2.05) is 0 Å². The summed E-state index contributed by atoms with van der Waals surface area (Å²) in [4.78, 5) is 11.9. The Hall–Kier alpha value is -1.90. The number of rotatable bonds is 4. The van der Waals surface area contributed by atoms with Crippen LogP contribution in [0, 0.1) is 5.92 Å². The number of carbonyl (C=O) groups is 1. The van der Waals surface area contributed by atoms with Crippen molar-refractivity contribution in [3.63, 3.8) is 0 Å². The van der Waals surface area contributed by atoms with Crippen LogP contribution in [0.2, 0.25) is 0 Å². The van der Waals surface area contributed by atoms with E-state index in [1.54, 1.807) is 35.7 Å². The van der Waals surface area contributed by atoms with Crippen molar-refractivity contribution >= 4 is 33.0 Å². The van der Waals surface area contributed by atoms with Crippen LogP contribution < -0.4 is 10.1 Å². The van der Waals surface area contributed by atoms with E-state index in [2.05, 4.69) is 5.32 Å². The fourth-order valence-corrected chi connectivity index (χ4v) is 5.33. The van der Waals surface area contributed by atoms with Crippen molar-refractivity contribution in [1.29, 1.82) is 0 Å². The van der Waals surface area contributed by atoms with Gasteiger partial charge in [0.1, 0.15) is 16.6 Å². The van der Waals surface area contributed by atoms with E-state index in [-0.39, 0.29) is 18.4 Å². The molecule has 0 unspecified atom stereocenters. The van der Waals surface area contributed by atoms with E-state index in [0.29, 0.717) is 28.8 Å². The van der Waals surface area contributed by atoms with Gasteiger partial charge in [-0.05, 0) is 42.5 Å². The average molecular weight is 378 g/mol. The molecule has 1 aromatic carbocycles. The first kappa shape index (κ1) is 16.6. The number of thiophene rings is 1. The van der Waals surface area contributed by atoms with E-state index in [0.717, 1.165) is 18.4 Å². The summed E-state index contributed by atoms with van der Waals surface area (Å²) in [5.74, 6) is 0.802. The molecular weight excluding hydrogens is 360 g/mol. The minimum absolute atomic E-state index is 0.0255. The minimum Gasteiger partial charge on any atom is -0.492 e. The fourth-order valence-electron chi connectivity index (χ4n) is 2.78. The molecule has 1 saturated carbocycles. The molecule has 0 radical (unpaired) electrons. The monoisotopic (exact) mass is 378 g/mol. The SMILES string of the molecule is O=C(Nc1ccc2c(c1)CN(S(=O)(=O)c1cccs1)CCO2)C1CC1. The van der Waals surface area contributed by atoms with Crippen LogP contribution in [-0.2, 0) is 21.4 Å². The number of ether oxygens (including phenoxy) is 1. The summed E-state index contributed by atoms with van der Waals surface area (Å²) in [6, 6.07) is 8.73. The minimum atomic E-state index is -3.54. The Labute approximate surface area is 150 Å². The van der Waals surface area contributed by atoms with Gasteiger partial charge in [0.2, 0.25) is 5.91 Å². The van der Waals surface area contributed by atoms with Gasteiger partial charge in [-0.2, -0.15) is 4.31 Å². The highest BCUT2D eigenvalue weighted by Crippen LogP contribution is 2.32. The quantitative estimate of drug-likeness (QED) is 0.888. The van der Waals surface area contributed by atoms with Crippen LogP contribution in [0.3, 0.4) is 0 Å². The maximum Gasteiger partial charge on any atom is 0.252 e. The van der Waals surface area contributed by atoms with Crippen LogP contribution in [0.4, 0.5) is 5.69 Å². The second-order valence-electron chi connectivity index (χ2n) is 6.21. The lowest BCUT2D eigenvalue weighted by molar-refractivity contribution is -0.117. The van der Waals surface area contributed by atoms with Crippen LogP contribution >= 0.6 is 11.3 Å². The molecule has 2 aromatic rings. The van der Waals surface area contributed by atoms with Crippen molar-refractivity contribution in [2.45, 2.75) is 23.6 Å². The summed E-state index contributed by atoms with van der Waals surface area (Å²) < 4.78 is 33.0. The third kappa shape index (κ3) is 3.42. The van der Waals surface area contributed by atoms with Gasteiger partial charge in [-0.15, -0.1) is 11.3 Å². The third-order valence-corrected chi connectivity index (χ3v) is 7.53. The zero-order valence-electron chi connectivity index (χ0n) is 13.5. The predicted octanol–water partition coefficient (Wildman–Crippen LogP) is 2.68. The molecule has 4 rings (SSSR count). The van der Waals surface area contributed by atoms with E-state index >= 15 is 0 Å². The molecule has 8 heteroatoms. The Morgan fingerprint density at radius 2 is 2.12 bits per heavy atom. The Kier molecular flexibility index (Phi) is 4.26. The summed E-state index contributed by atoms with van der Waals surface area (Å²) in [5, 5.41) is 4.65. The van der Waals surface area contributed by atoms with Gasteiger partial charge in [-0.3, -0.25) is 4.79 Å². The summed E-state index contributed by atoms with van der Waals surface area (Å²) in [6.07, 6.45) is 1.87. The van der Waals surface area contributed by atoms with E-state index in [4.69, 9.17) is 4.74 Å². The van der Waals surface area contributed by atoms with Gasteiger partial charge in [-0.1, -0.05) is 6.07 Å². The molecule has 1 aliphatic heterocycles. The van der Waals surface area contributed by atoms with Gasteiger partial charge in [0.25, 0.3) is 10.0 Å². The molecule has 1 fully saturated rings. The Bertz CT molecular complexity index is 889. The summed E-state index contributed by atoms with van der Waals surface area (Å²) >= 11 is 1.21. The third-order valence-electron chi connectivity index (χ3n) is 4.31. The number of benzene rings is 1. The molecule has 1 N–H and O–H groups in total. The number of nitrogens with zero attached hydrogens (tertiary/aromatic N) is 1. The second-order valence-corrected chi connectivity index (χ2v) is 9.32. The number of carbonyl (C=O) groups excluding carboxylic acids is 1. The lowest BCUT2D eigenvalue weighted by atomic mass is 10.1. The number of anilines is 1. The molecule has 25 heavy (non-hydrogen) atoms. The van der Waals surface area contributed by atoms with Crippen molar-refractivity contribution in [3.8, 4) is 5.75 Å². The highest BCUT2D eigenvalue weighted by Gasteiger charge is 2.31. The zero-order chi connectivity index (χ0) is 17.4. The second kappa shape index (κ2) is 6.44. The van der Waals surface area contributed by atoms with Gasteiger partial charge in [0.05, 0.1) is 0 Å². The maximum absolute atomic E-state index is 12.8. The van der Waals surface area contributed by atoms with Crippen molar-refractivity contribution in [1.82, 2.24) is 4.31 Å². The predicted molar refractivity (Wildman–Crippen MR) is 95.2 cm³/mol. The molecule has 1 aromatic heterocycles. The number of fused-ring (bicyclic) bond motifs is 1. The van der Waals surface area contributed by atoms with Gasteiger partial charge >= 0.3 is 0 Å². The fraction of sp³-hybridized carbons (Fsp3) is 0.353. The standard InChI is InChI=1S/C17H18N2O4S2/c20-17(12-3-4-12)18-14-5-6-15-13(10-14)11-19(7-8-23-15)25(21,22)16-2-1-9-24-16/h1-2,5-6,9-10,12H,3-4,7-8,11H2,(H,18,20). The van der Waals surface area contributed by atoms with Crippen LogP contribution in [0.25, 0.3) is 0 Å². The molecule has 132 valence electrons. The highest BCUT2D eigenvalue weighted by molar-refractivity contribution is 7.91. The topological polar surface area (TPSA) is 75.7 Å². The first-order chi connectivity index (χ1) is 12.0. The van der Waals surface area contributed by atoms with Gasteiger partial charge in [-0.25, -0.2) is 8.42 Å². The van der Waals surface area contributed by atoms with Crippen molar-refractivity contribution in [3.05, 3.63) is 41.3 Å². The zero-order valence-corrected chi connectivity index (χ0v) is 15.1. The van der Waals surface area contributed by atoms with Gasteiger partial charge < -0.3 is 10.1 Å². The van der Waals surface area contributed by atoms with Crippen LogP contribution in [0.5, 0.6) is 5.75 Å². The Balaban J connectivity index is 1.59. The van der Waals surface area contributed by atoms with Crippen molar-refractivity contribution in [2.75, 3.05) is 18.5 Å².